The molecular weight excluding hydrogens is 374 g/mol. The van der Waals surface area contributed by atoms with Crippen molar-refractivity contribution in [1.82, 2.24) is 5.43 Å². The first-order valence-electron chi connectivity index (χ1n) is 7.08. The van der Waals surface area contributed by atoms with Crippen LogP contribution in [0.2, 0.25) is 0 Å². The lowest BCUT2D eigenvalue weighted by atomic mass is 10.2. The van der Waals surface area contributed by atoms with Crippen molar-refractivity contribution in [2.75, 3.05) is 12.4 Å². The fraction of sp³-hybridized carbons (Fsp3) is 0.118. The number of methoxy groups -OCH3 is 1. The van der Waals surface area contributed by atoms with Crippen LogP contribution >= 0.6 is 15.9 Å². The van der Waals surface area contributed by atoms with Crippen molar-refractivity contribution in [3.63, 3.8) is 0 Å². The molecule has 2 aromatic rings. The number of hydrazone groups is 1. The number of nitrogens with one attached hydrogen (secondary N) is 2. The zero-order valence-corrected chi connectivity index (χ0v) is 14.5. The molecule has 2 rings (SSSR count). The standard InChI is InChI=1S/C17H16BrN3O3/c1-24-15-7-5-14(6-8-15)20-16(22)10-17(23)21-19-11-12-3-2-4-13(18)9-12/h2-9,11H,10H2,1H3,(H,20,22)(H,21,23). The number of halogens is 1. The Balaban J connectivity index is 1.79. The highest BCUT2D eigenvalue weighted by molar-refractivity contribution is 9.10. The lowest BCUT2D eigenvalue weighted by Crippen LogP contribution is -2.24. The molecule has 0 aliphatic rings. The third-order valence-corrected chi connectivity index (χ3v) is 3.44. The summed E-state index contributed by atoms with van der Waals surface area (Å²) in [5.41, 5.74) is 3.74. The number of benzene rings is 2. The van der Waals surface area contributed by atoms with Gasteiger partial charge in [-0.2, -0.15) is 5.10 Å². The summed E-state index contributed by atoms with van der Waals surface area (Å²) in [6, 6.07) is 14.3. The summed E-state index contributed by atoms with van der Waals surface area (Å²) >= 11 is 3.35. The molecule has 0 aliphatic heterocycles. The van der Waals surface area contributed by atoms with Gasteiger partial charge in [0.25, 0.3) is 0 Å². The molecule has 0 saturated heterocycles. The van der Waals surface area contributed by atoms with E-state index in [4.69, 9.17) is 4.74 Å². The van der Waals surface area contributed by atoms with Crippen molar-refractivity contribution in [3.05, 3.63) is 58.6 Å². The average Bonchev–Trinajstić information content (AvgIpc) is 2.55. The second kappa shape index (κ2) is 8.83. The Morgan fingerprint density at radius 3 is 2.58 bits per heavy atom. The lowest BCUT2D eigenvalue weighted by molar-refractivity contribution is -0.126. The van der Waals surface area contributed by atoms with Crippen LogP contribution in [-0.4, -0.2) is 25.1 Å². The van der Waals surface area contributed by atoms with E-state index in [9.17, 15) is 9.59 Å². The van der Waals surface area contributed by atoms with Crippen LogP contribution in [0.5, 0.6) is 5.75 Å². The molecule has 0 radical (unpaired) electrons. The van der Waals surface area contributed by atoms with E-state index >= 15 is 0 Å². The molecule has 7 heteroatoms. The molecule has 0 aliphatic carbocycles. The minimum atomic E-state index is -0.493. The number of anilines is 1. The van der Waals surface area contributed by atoms with Crippen LogP contribution < -0.4 is 15.5 Å². The summed E-state index contributed by atoms with van der Waals surface area (Å²) in [7, 11) is 1.56. The predicted molar refractivity (Wildman–Crippen MR) is 96.1 cm³/mol. The van der Waals surface area contributed by atoms with Crippen molar-refractivity contribution in [2.24, 2.45) is 5.10 Å². The van der Waals surface area contributed by atoms with Crippen molar-refractivity contribution in [1.29, 1.82) is 0 Å². The van der Waals surface area contributed by atoms with Gasteiger partial charge >= 0.3 is 0 Å². The van der Waals surface area contributed by atoms with Gasteiger partial charge in [0.05, 0.1) is 13.3 Å². The minimum absolute atomic E-state index is 0.318. The molecule has 2 aromatic carbocycles. The van der Waals surface area contributed by atoms with E-state index in [1.165, 1.54) is 6.21 Å². The van der Waals surface area contributed by atoms with Gasteiger partial charge in [0.1, 0.15) is 12.2 Å². The number of hydrogen-bond acceptors (Lipinski definition) is 4. The van der Waals surface area contributed by atoms with Gasteiger partial charge in [-0.1, -0.05) is 28.1 Å². The average molecular weight is 390 g/mol. The Morgan fingerprint density at radius 2 is 1.92 bits per heavy atom. The van der Waals surface area contributed by atoms with E-state index in [2.05, 4.69) is 31.8 Å². The number of nitrogens with zero attached hydrogens (tertiary/aromatic N) is 1. The van der Waals surface area contributed by atoms with Crippen LogP contribution in [0.4, 0.5) is 5.69 Å². The number of carbonyl (C=O) groups is 2. The maximum absolute atomic E-state index is 11.8. The third-order valence-electron chi connectivity index (χ3n) is 2.95. The number of carbonyl (C=O) groups excluding carboxylic acids is 2. The molecular formula is C17H16BrN3O3. The maximum atomic E-state index is 11.8. The Hall–Kier alpha value is -2.67. The molecule has 124 valence electrons. The van der Waals surface area contributed by atoms with E-state index < -0.39 is 11.8 Å². The van der Waals surface area contributed by atoms with Gasteiger partial charge in [0.2, 0.25) is 11.8 Å². The van der Waals surface area contributed by atoms with Gasteiger partial charge in [-0.05, 0) is 42.0 Å². The first-order chi connectivity index (χ1) is 11.6. The van der Waals surface area contributed by atoms with Gasteiger partial charge < -0.3 is 10.1 Å². The summed E-state index contributed by atoms with van der Waals surface area (Å²) < 4.78 is 5.94. The SMILES string of the molecule is COc1ccc(NC(=O)CC(=O)NN=Cc2cccc(Br)c2)cc1. The Kier molecular flexibility index (Phi) is 6.51. The van der Waals surface area contributed by atoms with E-state index in [1.54, 1.807) is 31.4 Å². The summed E-state index contributed by atoms with van der Waals surface area (Å²) in [6.45, 7) is 0. The van der Waals surface area contributed by atoms with E-state index in [0.29, 0.717) is 11.4 Å². The molecule has 0 bridgehead atoms. The Bertz CT molecular complexity index is 745. The van der Waals surface area contributed by atoms with Crippen LogP contribution in [0.3, 0.4) is 0 Å². The second-order valence-corrected chi connectivity index (χ2v) is 5.72. The highest BCUT2D eigenvalue weighted by Crippen LogP contribution is 2.15. The maximum Gasteiger partial charge on any atom is 0.249 e. The number of ether oxygens (including phenoxy) is 1. The van der Waals surface area contributed by atoms with Gasteiger partial charge in [-0.25, -0.2) is 5.43 Å². The van der Waals surface area contributed by atoms with Gasteiger partial charge in [-0.15, -0.1) is 0 Å². The first kappa shape index (κ1) is 17.7. The summed E-state index contributed by atoms with van der Waals surface area (Å²) in [5.74, 6) is -0.227. The quantitative estimate of drug-likeness (QED) is 0.452. The molecule has 2 N–H and O–H groups in total. The van der Waals surface area contributed by atoms with Crippen LogP contribution in [0.15, 0.2) is 58.1 Å². The number of amides is 2. The largest absolute Gasteiger partial charge is 0.497 e. The highest BCUT2D eigenvalue weighted by atomic mass is 79.9. The molecule has 0 unspecified atom stereocenters. The number of hydrogen-bond donors (Lipinski definition) is 2. The molecule has 0 atom stereocenters. The van der Waals surface area contributed by atoms with Crippen molar-refractivity contribution in [2.45, 2.75) is 6.42 Å². The molecule has 2 amide bonds. The second-order valence-electron chi connectivity index (χ2n) is 4.80. The molecule has 24 heavy (non-hydrogen) atoms. The smallest absolute Gasteiger partial charge is 0.249 e. The highest BCUT2D eigenvalue weighted by Gasteiger charge is 2.09. The zero-order chi connectivity index (χ0) is 17.4. The topological polar surface area (TPSA) is 79.8 Å². The molecule has 0 saturated carbocycles. The fourth-order valence-corrected chi connectivity index (χ4v) is 2.25. The van der Waals surface area contributed by atoms with E-state index in [-0.39, 0.29) is 6.42 Å². The normalized spacial score (nSPS) is 10.4. The van der Waals surface area contributed by atoms with E-state index in [1.807, 2.05) is 24.3 Å². The Labute approximate surface area is 148 Å². The molecule has 6 nitrogen and oxygen atoms in total. The van der Waals surface area contributed by atoms with Crippen molar-refractivity contribution >= 4 is 39.6 Å². The monoisotopic (exact) mass is 389 g/mol. The first-order valence-corrected chi connectivity index (χ1v) is 7.87. The number of rotatable bonds is 6. The van der Waals surface area contributed by atoms with Gasteiger partial charge in [0.15, 0.2) is 0 Å². The van der Waals surface area contributed by atoms with Crippen LogP contribution in [-0.2, 0) is 9.59 Å². The van der Waals surface area contributed by atoms with Crippen molar-refractivity contribution in [3.8, 4) is 5.75 Å². The molecule has 0 aromatic heterocycles. The summed E-state index contributed by atoms with van der Waals surface area (Å²) in [5, 5.41) is 6.45. The minimum Gasteiger partial charge on any atom is -0.497 e. The van der Waals surface area contributed by atoms with Crippen molar-refractivity contribution < 1.29 is 14.3 Å². The third kappa shape index (κ3) is 5.85. The molecule has 0 heterocycles. The summed E-state index contributed by atoms with van der Waals surface area (Å²) in [6.07, 6.45) is 1.19. The fourth-order valence-electron chi connectivity index (χ4n) is 1.83. The van der Waals surface area contributed by atoms with Gasteiger partial charge in [-0.3, -0.25) is 9.59 Å². The summed E-state index contributed by atoms with van der Waals surface area (Å²) in [4.78, 5) is 23.5. The molecule has 0 fully saturated rings. The Morgan fingerprint density at radius 1 is 1.17 bits per heavy atom. The zero-order valence-electron chi connectivity index (χ0n) is 13.0. The lowest BCUT2D eigenvalue weighted by Gasteiger charge is -2.05. The van der Waals surface area contributed by atoms with E-state index in [0.717, 1.165) is 10.0 Å². The van der Waals surface area contributed by atoms with Crippen LogP contribution in [0.1, 0.15) is 12.0 Å². The predicted octanol–water partition coefficient (Wildman–Crippen LogP) is 2.94. The van der Waals surface area contributed by atoms with Crippen LogP contribution in [0, 0.1) is 0 Å². The van der Waals surface area contributed by atoms with Crippen LogP contribution in [0.25, 0.3) is 0 Å². The molecule has 0 spiro atoms. The van der Waals surface area contributed by atoms with Gasteiger partial charge in [0, 0.05) is 10.2 Å².